The topological polar surface area (TPSA) is 12.5 Å². The molecule has 0 aromatic heterocycles. The fourth-order valence-electron chi connectivity index (χ4n) is 3.03. The first-order valence-corrected chi connectivity index (χ1v) is 6.28. The van der Waals surface area contributed by atoms with Gasteiger partial charge in [-0.25, -0.2) is 5.06 Å². The van der Waals surface area contributed by atoms with Crippen molar-refractivity contribution in [2.45, 2.75) is 45.8 Å². The van der Waals surface area contributed by atoms with Crippen molar-refractivity contribution >= 4 is 5.69 Å². The molecule has 1 saturated heterocycles. The van der Waals surface area contributed by atoms with Crippen LogP contribution in [0, 0.1) is 13.8 Å². The van der Waals surface area contributed by atoms with Gasteiger partial charge in [-0.1, -0.05) is 18.2 Å². The monoisotopic (exact) mass is 229 g/mol. The Balaban J connectivity index is 2.12. The summed E-state index contributed by atoms with van der Waals surface area (Å²) in [6, 6.07) is 4.85. The highest BCUT2D eigenvalue weighted by Crippen LogP contribution is 2.41. The normalized spacial score (nSPS) is 25.9. The first kappa shape index (κ1) is 10.8. The standard InChI is InChI=1S/C15H19NO/c1-9(2)14-8-12-7-13-11(4)5-10(3)6-15(13)16(14)17-12/h5-6,12,14H,1,7-8H2,2-4H3/t12?,14-/m0/s1. The number of rotatable bonds is 1. The summed E-state index contributed by atoms with van der Waals surface area (Å²) < 4.78 is 0. The van der Waals surface area contributed by atoms with Gasteiger partial charge in [0.25, 0.3) is 0 Å². The van der Waals surface area contributed by atoms with Gasteiger partial charge in [0, 0.05) is 12.8 Å². The van der Waals surface area contributed by atoms with Gasteiger partial charge in [-0.05, 0) is 43.5 Å². The molecule has 0 radical (unpaired) electrons. The van der Waals surface area contributed by atoms with Crippen LogP contribution in [0.1, 0.15) is 30.0 Å². The number of hydrogen-bond acceptors (Lipinski definition) is 2. The lowest BCUT2D eigenvalue weighted by Gasteiger charge is -2.31. The van der Waals surface area contributed by atoms with Crippen LogP contribution in [0.2, 0.25) is 0 Å². The second-order valence-corrected chi connectivity index (χ2v) is 5.43. The Hall–Kier alpha value is -1.28. The molecular formula is C15H19NO. The Labute approximate surface area is 103 Å². The van der Waals surface area contributed by atoms with Crippen molar-refractivity contribution < 1.29 is 4.84 Å². The van der Waals surface area contributed by atoms with Gasteiger partial charge in [0.2, 0.25) is 0 Å². The maximum Gasteiger partial charge on any atom is 0.0921 e. The fraction of sp³-hybridized carbons (Fsp3) is 0.467. The molecule has 0 amide bonds. The zero-order chi connectivity index (χ0) is 12.2. The first-order chi connectivity index (χ1) is 8.06. The number of anilines is 1. The summed E-state index contributed by atoms with van der Waals surface area (Å²) in [5.74, 6) is 0. The molecule has 1 aromatic rings. The molecule has 2 nitrogen and oxygen atoms in total. The van der Waals surface area contributed by atoms with E-state index in [0.717, 1.165) is 12.8 Å². The van der Waals surface area contributed by atoms with Crippen LogP contribution in [0.25, 0.3) is 0 Å². The molecule has 2 heteroatoms. The molecule has 0 saturated carbocycles. The Morgan fingerprint density at radius 1 is 1.41 bits per heavy atom. The summed E-state index contributed by atoms with van der Waals surface area (Å²) in [7, 11) is 0. The molecule has 0 aliphatic carbocycles. The fourth-order valence-corrected chi connectivity index (χ4v) is 3.03. The molecule has 3 rings (SSSR count). The Morgan fingerprint density at radius 2 is 2.18 bits per heavy atom. The van der Waals surface area contributed by atoms with Crippen molar-refractivity contribution in [1.82, 2.24) is 0 Å². The second kappa shape index (κ2) is 3.61. The van der Waals surface area contributed by atoms with Gasteiger partial charge in [-0.15, -0.1) is 0 Å². The highest BCUT2D eigenvalue weighted by atomic mass is 16.7. The first-order valence-electron chi connectivity index (χ1n) is 6.28. The van der Waals surface area contributed by atoms with E-state index in [-0.39, 0.29) is 0 Å². The summed E-state index contributed by atoms with van der Waals surface area (Å²) in [5.41, 5.74) is 6.59. The lowest BCUT2D eigenvalue weighted by molar-refractivity contribution is 0.0746. The van der Waals surface area contributed by atoms with Crippen molar-refractivity contribution in [2.24, 2.45) is 0 Å². The molecule has 0 N–H and O–H groups in total. The Bertz CT molecular complexity index is 492. The van der Waals surface area contributed by atoms with Crippen molar-refractivity contribution in [3.63, 3.8) is 0 Å². The molecule has 1 unspecified atom stereocenters. The molecule has 2 aliphatic heterocycles. The molecule has 2 heterocycles. The third-order valence-corrected chi connectivity index (χ3v) is 3.86. The molecule has 2 bridgehead atoms. The van der Waals surface area contributed by atoms with Crippen molar-refractivity contribution in [3.05, 3.63) is 41.0 Å². The smallest absolute Gasteiger partial charge is 0.0921 e. The van der Waals surface area contributed by atoms with E-state index >= 15 is 0 Å². The Morgan fingerprint density at radius 3 is 2.88 bits per heavy atom. The highest BCUT2D eigenvalue weighted by Gasteiger charge is 2.40. The zero-order valence-corrected chi connectivity index (χ0v) is 10.8. The van der Waals surface area contributed by atoms with E-state index in [1.54, 1.807) is 0 Å². The molecule has 0 spiro atoms. The van der Waals surface area contributed by atoms with Crippen LogP contribution in [0.5, 0.6) is 0 Å². The van der Waals surface area contributed by atoms with E-state index < -0.39 is 0 Å². The number of benzene rings is 1. The van der Waals surface area contributed by atoms with Crippen LogP contribution in [-0.4, -0.2) is 12.1 Å². The lowest BCUT2D eigenvalue weighted by atomic mass is 9.97. The minimum Gasteiger partial charge on any atom is -0.269 e. The quantitative estimate of drug-likeness (QED) is 0.685. The third-order valence-electron chi connectivity index (χ3n) is 3.86. The number of nitrogens with zero attached hydrogens (tertiary/aromatic N) is 1. The summed E-state index contributed by atoms with van der Waals surface area (Å²) in [4.78, 5) is 5.98. The number of hydrogen-bond donors (Lipinski definition) is 0. The largest absolute Gasteiger partial charge is 0.269 e. The summed E-state index contributed by atoms with van der Waals surface area (Å²) in [6.45, 7) is 10.5. The molecule has 2 aliphatic rings. The van der Waals surface area contributed by atoms with Gasteiger partial charge in [-0.3, -0.25) is 4.84 Å². The van der Waals surface area contributed by atoms with Gasteiger partial charge >= 0.3 is 0 Å². The van der Waals surface area contributed by atoms with Gasteiger partial charge in [0.1, 0.15) is 0 Å². The SMILES string of the molecule is C=C(C)[C@@H]1CC2Cc3c(C)cc(C)cc3N1O2. The average Bonchev–Trinajstić information content (AvgIpc) is 2.59. The van der Waals surface area contributed by atoms with Crippen LogP contribution < -0.4 is 5.06 Å². The van der Waals surface area contributed by atoms with Gasteiger partial charge in [0.15, 0.2) is 0 Å². The van der Waals surface area contributed by atoms with Crippen LogP contribution in [0.15, 0.2) is 24.3 Å². The summed E-state index contributed by atoms with van der Waals surface area (Å²) in [5, 5.41) is 2.09. The third kappa shape index (κ3) is 1.59. The maximum absolute atomic E-state index is 5.98. The van der Waals surface area contributed by atoms with E-state index in [0.29, 0.717) is 12.1 Å². The van der Waals surface area contributed by atoms with Crippen LogP contribution >= 0.6 is 0 Å². The molecule has 17 heavy (non-hydrogen) atoms. The average molecular weight is 229 g/mol. The number of aryl methyl sites for hydroxylation is 2. The summed E-state index contributed by atoms with van der Waals surface area (Å²) >= 11 is 0. The molecular weight excluding hydrogens is 210 g/mol. The Kier molecular flexibility index (Phi) is 2.30. The lowest BCUT2D eigenvalue weighted by Crippen LogP contribution is -2.32. The minimum atomic E-state index is 0.339. The van der Waals surface area contributed by atoms with Crippen LogP contribution in [0.3, 0.4) is 0 Å². The van der Waals surface area contributed by atoms with Gasteiger partial charge in [0.05, 0.1) is 17.8 Å². The number of fused-ring (bicyclic) bond motifs is 4. The van der Waals surface area contributed by atoms with Crippen molar-refractivity contribution in [3.8, 4) is 0 Å². The molecule has 1 aromatic carbocycles. The highest BCUT2D eigenvalue weighted by molar-refractivity contribution is 5.61. The van der Waals surface area contributed by atoms with E-state index in [1.165, 1.54) is 28.0 Å². The van der Waals surface area contributed by atoms with E-state index in [2.05, 4.69) is 44.5 Å². The van der Waals surface area contributed by atoms with Crippen LogP contribution in [-0.2, 0) is 11.3 Å². The van der Waals surface area contributed by atoms with Gasteiger partial charge < -0.3 is 0 Å². The van der Waals surface area contributed by atoms with Crippen LogP contribution in [0.4, 0.5) is 5.69 Å². The predicted octanol–water partition coefficient (Wildman–Crippen LogP) is 3.31. The minimum absolute atomic E-state index is 0.339. The molecule has 1 fully saturated rings. The van der Waals surface area contributed by atoms with Crippen molar-refractivity contribution in [2.75, 3.05) is 5.06 Å². The van der Waals surface area contributed by atoms with Gasteiger partial charge in [-0.2, -0.15) is 0 Å². The predicted molar refractivity (Wildman–Crippen MR) is 70.2 cm³/mol. The summed E-state index contributed by atoms with van der Waals surface area (Å²) in [6.07, 6.45) is 2.45. The molecule has 90 valence electrons. The van der Waals surface area contributed by atoms with E-state index in [4.69, 9.17) is 4.84 Å². The molecule has 2 atom stereocenters. The van der Waals surface area contributed by atoms with Crippen molar-refractivity contribution in [1.29, 1.82) is 0 Å². The number of hydroxylamine groups is 1. The van der Waals surface area contributed by atoms with E-state index in [1.807, 2.05) is 0 Å². The second-order valence-electron chi connectivity index (χ2n) is 5.43. The zero-order valence-electron chi connectivity index (χ0n) is 10.8. The maximum atomic E-state index is 5.98. The van der Waals surface area contributed by atoms with E-state index in [9.17, 15) is 0 Å².